The number of nitrogens with two attached hydrogens (primary N) is 1. The Balaban J connectivity index is 2.46. The average Bonchev–Trinajstić information content (AvgIpc) is 2.36. The van der Waals surface area contributed by atoms with E-state index in [2.05, 4.69) is 5.32 Å². The van der Waals surface area contributed by atoms with Crippen molar-refractivity contribution < 1.29 is 14.6 Å². The third kappa shape index (κ3) is 4.26. The van der Waals surface area contributed by atoms with Gasteiger partial charge in [-0.05, 0) is 19.3 Å². The maximum Gasteiger partial charge on any atom is 0.237 e. The van der Waals surface area contributed by atoms with Crippen molar-refractivity contribution in [3.8, 4) is 0 Å². The predicted molar refractivity (Wildman–Crippen MR) is 65.5 cm³/mol. The van der Waals surface area contributed by atoms with Gasteiger partial charge in [0, 0.05) is 13.7 Å². The van der Waals surface area contributed by atoms with Crippen LogP contribution in [0.4, 0.5) is 0 Å². The zero-order valence-electron chi connectivity index (χ0n) is 10.6. The molecular weight excluding hydrogens is 220 g/mol. The first-order valence-corrected chi connectivity index (χ1v) is 6.31. The van der Waals surface area contributed by atoms with Crippen LogP contribution in [0.3, 0.4) is 0 Å². The molecule has 0 spiro atoms. The van der Waals surface area contributed by atoms with Crippen LogP contribution in [0, 0.1) is 0 Å². The molecule has 1 fully saturated rings. The summed E-state index contributed by atoms with van der Waals surface area (Å²) in [7, 11) is 1.58. The quantitative estimate of drug-likeness (QED) is 0.621. The molecule has 0 saturated heterocycles. The van der Waals surface area contributed by atoms with E-state index in [0.29, 0.717) is 13.0 Å². The molecule has 1 rings (SSSR count). The van der Waals surface area contributed by atoms with Crippen LogP contribution < -0.4 is 11.1 Å². The van der Waals surface area contributed by atoms with Gasteiger partial charge in [0.25, 0.3) is 0 Å². The number of hydrogen-bond acceptors (Lipinski definition) is 4. The van der Waals surface area contributed by atoms with Crippen LogP contribution in [-0.2, 0) is 9.53 Å². The van der Waals surface area contributed by atoms with Crippen LogP contribution in [-0.4, -0.2) is 42.9 Å². The summed E-state index contributed by atoms with van der Waals surface area (Å²) in [5.41, 5.74) is 5.32. The Labute approximate surface area is 103 Å². The number of carbonyl (C=O) groups is 1. The lowest BCUT2D eigenvalue weighted by molar-refractivity contribution is -0.125. The minimum Gasteiger partial charge on any atom is -0.394 e. The summed E-state index contributed by atoms with van der Waals surface area (Å²) in [6.07, 6.45) is 5.46. The van der Waals surface area contributed by atoms with Crippen LogP contribution in [0.5, 0.6) is 0 Å². The van der Waals surface area contributed by atoms with Crippen LogP contribution in [0.15, 0.2) is 0 Å². The average molecular weight is 244 g/mol. The Morgan fingerprint density at radius 3 is 2.65 bits per heavy atom. The number of nitrogens with one attached hydrogen (secondary N) is 1. The maximum atomic E-state index is 11.9. The van der Waals surface area contributed by atoms with E-state index >= 15 is 0 Å². The number of amides is 1. The molecule has 4 N–H and O–H groups in total. The van der Waals surface area contributed by atoms with Gasteiger partial charge in [0.05, 0.1) is 18.2 Å². The van der Waals surface area contributed by atoms with Gasteiger partial charge in [-0.25, -0.2) is 0 Å². The van der Waals surface area contributed by atoms with Crippen LogP contribution in [0.2, 0.25) is 0 Å². The highest BCUT2D eigenvalue weighted by molar-refractivity contribution is 5.82. The summed E-state index contributed by atoms with van der Waals surface area (Å²) in [6, 6.07) is -0.555. The molecule has 5 heteroatoms. The van der Waals surface area contributed by atoms with Gasteiger partial charge in [-0.15, -0.1) is 0 Å². The SMILES string of the molecule is COCCC(N)C(=O)NC1(CO)CCCCC1. The molecule has 1 aliphatic carbocycles. The first-order valence-electron chi connectivity index (χ1n) is 6.31. The van der Waals surface area contributed by atoms with Crippen LogP contribution in [0.25, 0.3) is 0 Å². The highest BCUT2D eigenvalue weighted by Crippen LogP contribution is 2.27. The summed E-state index contributed by atoms with van der Waals surface area (Å²) < 4.78 is 4.89. The normalized spacial score (nSPS) is 20.9. The van der Waals surface area contributed by atoms with Gasteiger partial charge in [-0.2, -0.15) is 0 Å². The third-order valence-corrected chi connectivity index (χ3v) is 3.47. The molecule has 1 unspecified atom stereocenters. The number of aliphatic hydroxyl groups is 1. The summed E-state index contributed by atoms with van der Waals surface area (Å²) in [5.74, 6) is -0.182. The minimum absolute atomic E-state index is 0.00423. The Morgan fingerprint density at radius 1 is 1.47 bits per heavy atom. The lowest BCUT2D eigenvalue weighted by atomic mass is 9.82. The summed E-state index contributed by atoms with van der Waals surface area (Å²) >= 11 is 0. The van der Waals surface area contributed by atoms with Crippen molar-refractivity contribution >= 4 is 5.91 Å². The number of aliphatic hydroxyl groups excluding tert-OH is 1. The maximum absolute atomic E-state index is 11.9. The van der Waals surface area contributed by atoms with Gasteiger partial charge in [0.2, 0.25) is 5.91 Å². The van der Waals surface area contributed by atoms with Gasteiger partial charge in [-0.3, -0.25) is 4.79 Å². The summed E-state index contributed by atoms with van der Waals surface area (Å²) in [6.45, 7) is 0.469. The second-order valence-corrected chi connectivity index (χ2v) is 4.88. The van der Waals surface area contributed by atoms with Crippen molar-refractivity contribution in [2.45, 2.75) is 50.1 Å². The summed E-state index contributed by atoms with van der Waals surface area (Å²) in [4.78, 5) is 11.9. The zero-order chi connectivity index (χ0) is 12.7. The van der Waals surface area contributed by atoms with Crippen LogP contribution in [0.1, 0.15) is 38.5 Å². The Bertz CT molecular complexity index is 240. The lowest BCUT2D eigenvalue weighted by Gasteiger charge is -2.37. The molecule has 0 heterocycles. The largest absolute Gasteiger partial charge is 0.394 e. The van der Waals surface area contributed by atoms with Crippen molar-refractivity contribution in [3.63, 3.8) is 0 Å². The number of ether oxygens (including phenoxy) is 1. The molecule has 0 aliphatic heterocycles. The van der Waals surface area contributed by atoms with Gasteiger partial charge in [0.1, 0.15) is 0 Å². The van der Waals surface area contributed by atoms with Gasteiger partial charge in [0.15, 0.2) is 0 Å². The van der Waals surface area contributed by atoms with Crippen molar-refractivity contribution in [2.75, 3.05) is 20.3 Å². The van der Waals surface area contributed by atoms with Crippen molar-refractivity contribution in [1.29, 1.82) is 0 Å². The van der Waals surface area contributed by atoms with Gasteiger partial charge < -0.3 is 20.9 Å². The molecule has 0 aromatic carbocycles. The molecule has 17 heavy (non-hydrogen) atoms. The zero-order valence-corrected chi connectivity index (χ0v) is 10.6. The first kappa shape index (κ1) is 14.4. The summed E-state index contributed by atoms with van der Waals surface area (Å²) in [5, 5.41) is 12.4. The van der Waals surface area contributed by atoms with E-state index < -0.39 is 11.6 Å². The predicted octanol–water partition coefficient (Wildman–Crippen LogP) is 0.162. The van der Waals surface area contributed by atoms with E-state index in [1.165, 1.54) is 6.42 Å². The molecule has 0 aromatic rings. The van der Waals surface area contributed by atoms with E-state index in [9.17, 15) is 9.90 Å². The Kier molecular flexibility index (Phi) is 5.88. The smallest absolute Gasteiger partial charge is 0.237 e. The molecular formula is C12H24N2O3. The molecule has 1 atom stereocenters. The van der Waals surface area contributed by atoms with Crippen LogP contribution >= 0.6 is 0 Å². The molecule has 100 valence electrons. The monoisotopic (exact) mass is 244 g/mol. The van der Waals surface area contributed by atoms with Crippen molar-refractivity contribution in [3.05, 3.63) is 0 Å². The fraction of sp³-hybridized carbons (Fsp3) is 0.917. The van der Waals surface area contributed by atoms with Gasteiger partial charge in [-0.1, -0.05) is 19.3 Å². The fourth-order valence-electron chi connectivity index (χ4n) is 2.28. The highest BCUT2D eigenvalue weighted by atomic mass is 16.5. The van der Waals surface area contributed by atoms with Crippen molar-refractivity contribution in [2.24, 2.45) is 5.73 Å². The Hall–Kier alpha value is -0.650. The minimum atomic E-state index is -0.555. The number of hydrogen-bond donors (Lipinski definition) is 3. The fourth-order valence-corrected chi connectivity index (χ4v) is 2.28. The van der Waals surface area contributed by atoms with Gasteiger partial charge >= 0.3 is 0 Å². The molecule has 1 saturated carbocycles. The number of carbonyl (C=O) groups excluding carboxylic acids is 1. The molecule has 5 nitrogen and oxygen atoms in total. The second-order valence-electron chi connectivity index (χ2n) is 4.88. The van der Waals surface area contributed by atoms with E-state index in [1.54, 1.807) is 7.11 Å². The van der Waals surface area contributed by atoms with E-state index in [0.717, 1.165) is 25.7 Å². The van der Waals surface area contributed by atoms with Crippen molar-refractivity contribution in [1.82, 2.24) is 5.32 Å². The first-order chi connectivity index (χ1) is 8.13. The molecule has 1 amide bonds. The molecule has 0 bridgehead atoms. The standard InChI is InChI=1S/C12H24N2O3/c1-17-8-5-10(13)11(16)14-12(9-15)6-3-2-4-7-12/h10,15H,2-9,13H2,1H3,(H,14,16). The van der Waals surface area contributed by atoms with E-state index in [4.69, 9.17) is 10.5 Å². The topological polar surface area (TPSA) is 84.6 Å². The molecule has 0 radical (unpaired) electrons. The second kappa shape index (κ2) is 6.93. The van der Waals surface area contributed by atoms with E-state index in [-0.39, 0.29) is 12.5 Å². The number of rotatable bonds is 6. The lowest BCUT2D eigenvalue weighted by Crippen LogP contribution is -2.56. The molecule has 1 aliphatic rings. The molecule has 0 aromatic heterocycles. The number of methoxy groups -OCH3 is 1. The van der Waals surface area contributed by atoms with E-state index in [1.807, 2.05) is 0 Å². The third-order valence-electron chi connectivity index (χ3n) is 3.47. The Morgan fingerprint density at radius 2 is 2.12 bits per heavy atom. The highest BCUT2D eigenvalue weighted by Gasteiger charge is 2.33.